The van der Waals surface area contributed by atoms with Crippen molar-refractivity contribution in [1.82, 2.24) is 4.90 Å². The zero-order valence-corrected chi connectivity index (χ0v) is 12.0. The summed E-state index contributed by atoms with van der Waals surface area (Å²) in [5, 5.41) is 0. The molecule has 0 bridgehead atoms. The van der Waals surface area contributed by atoms with Gasteiger partial charge in [-0.05, 0) is 26.2 Å². The van der Waals surface area contributed by atoms with Crippen molar-refractivity contribution in [2.24, 2.45) is 0 Å². The molecule has 1 fully saturated rings. The van der Waals surface area contributed by atoms with Gasteiger partial charge in [0.2, 0.25) is 0 Å². The van der Waals surface area contributed by atoms with Crippen molar-refractivity contribution < 1.29 is 19.1 Å². The second-order valence-electron chi connectivity index (χ2n) is 4.74. The van der Waals surface area contributed by atoms with Gasteiger partial charge in [0.25, 0.3) is 5.91 Å². The number of unbranched alkanes of at least 4 members (excludes halogenated alkanes) is 1. The molecule has 0 aromatic carbocycles. The molecule has 0 saturated carbocycles. The molecule has 19 heavy (non-hydrogen) atoms. The SMILES string of the molecule is CCCCN(CCC(=O)OCC)C(=O)C1CCCO1. The first-order chi connectivity index (χ1) is 9.19. The predicted octanol–water partition coefficient (Wildman–Crippen LogP) is 1.75. The summed E-state index contributed by atoms with van der Waals surface area (Å²) < 4.78 is 10.3. The minimum absolute atomic E-state index is 0.0234. The second kappa shape index (κ2) is 8.91. The molecule has 5 nitrogen and oxygen atoms in total. The molecule has 0 N–H and O–H groups in total. The molecule has 0 spiro atoms. The van der Waals surface area contributed by atoms with E-state index in [4.69, 9.17) is 9.47 Å². The van der Waals surface area contributed by atoms with Crippen molar-refractivity contribution in [2.45, 2.75) is 52.1 Å². The van der Waals surface area contributed by atoms with Crippen LogP contribution in [-0.4, -0.2) is 49.2 Å². The van der Waals surface area contributed by atoms with Crippen molar-refractivity contribution in [2.75, 3.05) is 26.3 Å². The van der Waals surface area contributed by atoms with Crippen molar-refractivity contribution >= 4 is 11.9 Å². The lowest BCUT2D eigenvalue weighted by Crippen LogP contribution is -2.40. The molecule has 0 radical (unpaired) electrons. The van der Waals surface area contributed by atoms with E-state index in [1.54, 1.807) is 11.8 Å². The van der Waals surface area contributed by atoms with Gasteiger partial charge in [0.15, 0.2) is 0 Å². The standard InChI is InChI=1S/C14H25NO4/c1-3-5-9-15(10-8-13(16)18-4-2)14(17)12-7-6-11-19-12/h12H,3-11H2,1-2H3. The highest BCUT2D eigenvalue weighted by atomic mass is 16.5. The first-order valence-corrected chi connectivity index (χ1v) is 7.25. The van der Waals surface area contributed by atoms with Gasteiger partial charge in [-0.3, -0.25) is 9.59 Å². The van der Waals surface area contributed by atoms with E-state index in [0.29, 0.717) is 26.3 Å². The van der Waals surface area contributed by atoms with Crippen molar-refractivity contribution in [3.8, 4) is 0 Å². The largest absolute Gasteiger partial charge is 0.466 e. The summed E-state index contributed by atoms with van der Waals surface area (Å²) in [6.07, 6.45) is 3.65. The fraction of sp³-hybridized carbons (Fsp3) is 0.857. The Morgan fingerprint density at radius 3 is 2.68 bits per heavy atom. The lowest BCUT2D eigenvalue weighted by Gasteiger charge is -2.24. The van der Waals surface area contributed by atoms with E-state index in [2.05, 4.69) is 6.92 Å². The third-order valence-corrected chi connectivity index (χ3v) is 3.19. The van der Waals surface area contributed by atoms with Crippen LogP contribution in [0.3, 0.4) is 0 Å². The van der Waals surface area contributed by atoms with Crippen LogP contribution in [0.1, 0.15) is 46.0 Å². The van der Waals surface area contributed by atoms with Gasteiger partial charge in [-0.1, -0.05) is 13.3 Å². The van der Waals surface area contributed by atoms with Crippen molar-refractivity contribution in [1.29, 1.82) is 0 Å². The molecule has 1 aliphatic heterocycles. The average molecular weight is 271 g/mol. The van der Waals surface area contributed by atoms with E-state index in [1.807, 2.05) is 0 Å². The van der Waals surface area contributed by atoms with E-state index >= 15 is 0 Å². The normalized spacial score (nSPS) is 18.3. The molecule has 110 valence electrons. The van der Waals surface area contributed by atoms with Gasteiger partial charge in [-0.15, -0.1) is 0 Å². The summed E-state index contributed by atoms with van der Waals surface area (Å²) in [6.45, 7) is 6.03. The molecule has 0 aromatic rings. The lowest BCUT2D eigenvalue weighted by atomic mass is 10.2. The van der Waals surface area contributed by atoms with Gasteiger partial charge in [0.1, 0.15) is 6.10 Å². The summed E-state index contributed by atoms with van der Waals surface area (Å²) in [7, 11) is 0. The third-order valence-electron chi connectivity index (χ3n) is 3.19. The summed E-state index contributed by atoms with van der Waals surface area (Å²) >= 11 is 0. The molecule has 1 rings (SSSR count). The topological polar surface area (TPSA) is 55.8 Å². The van der Waals surface area contributed by atoms with E-state index in [9.17, 15) is 9.59 Å². The number of carbonyl (C=O) groups excluding carboxylic acids is 2. The van der Waals surface area contributed by atoms with Gasteiger partial charge in [0.05, 0.1) is 13.0 Å². The number of esters is 1. The van der Waals surface area contributed by atoms with Crippen LogP contribution in [-0.2, 0) is 19.1 Å². The Kier molecular flexibility index (Phi) is 7.48. The van der Waals surface area contributed by atoms with Crippen LogP contribution < -0.4 is 0 Å². The number of amides is 1. The van der Waals surface area contributed by atoms with Crippen molar-refractivity contribution in [3.63, 3.8) is 0 Å². The Balaban J connectivity index is 2.45. The van der Waals surface area contributed by atoms with E-state index in [-0.39, 0.29) is 24.4 Å². The minimum atomic E-state index is -0.306. The van der Waals surface area contributed by atoms with Crippen LogP contribution in [0.4, 0.5) is 0 Å². The number of hydrogen-bond donors (Lipinski definition) is 0. The average Bonchev–Trinajstić information content (AvgIpc) is 2.92. The fourth-order valence-corrected chi connectivity index (χ4v) is 2.12. The van der Waals surface area contributed by atoms with Crippen LogP contribution in [0, 0.1) is 0 Å². The predicted molar refractivity (Wildman–Crippen MR) is 71.7 cm³/mol. The molecular formula is C14H25NO4. The number of carbonyl (C=O) groups is 2. The maximum absolute atomic E-state index is 12.3. The van der Waals surface area contributed by atoms with Crippen LogP contribution in [0.5, 0.6) is 0 Å². The van der Waals surface area contributed by atoms with Gasteiger partial charge in [-0.2, -0.15) is 0 Å². The van der Waals surface area contributed by atoms with Crippen LogP contribution in [0.2, 0.25) is 0 Å². The molecule has 0 aliphatic carbocycles. The Morgan fingerprint density at radius 1 is 1.32 bits per heavy atom. The molecular weight excluding hydrogens is 246 g/mol. The van der Waals surface area contributed by atoms with E-state index in [0.717, 1.165) is 25.7 Å². The van der Waals surface area contributed by atoms with Crippen LogP contribution in [0.25, 0.3) is 0 Å². The highest BCUT2D eigenvalue weighted by Gasteiger charge is 2.28. The number of ether oxygens (including phenoxy) is 2. The number of rotatable bonds is 8. The summed E-state index contributed by atoms with van der Waals surface area (Å²) in [5.74, 6) is -0.223. The zero-order valence-electron chi connectivity index (χ0n) is 12.0. The Labute approximate surface area is 115 Å². The Hall–Kier alpha value is -1.10. The maximum Gasteiger partial charge on any atom is 0.307 e. The zero-order chi connectivity index (χ0) is 14.1. The van der Waals surface area contributed by atoms with Crippen molar-refractivity contribution in [3.05, 3.63) is 0 Å². The highest BCUT2D eigenvalue weighted by Crippen LogP contribution is 2.15. The summed E-state index contributed by atoms with van der Waals surface area (Å²) in [5.41, 5.74) is 0. The first-order valence-electron chi connectivity index (χ1n) is 7.25. The quantitative estimate of drug-likeness (QED) is 0.631. The molecule has 1 amide bonds. The van der Waals surface area contributed by atoms with Gasteiger partial charge >= 0.3 is 5.97 Å². The lowest BCUT2D eigenvalue weighted by molar-refractivity contribution is -0.145. The molecule has 5 heteroatoms. The molecule has 0 aromatic heterocycles. The van der Waals surface area contributed by atoms with Gasteiger partial charge in [-0.25, -0.2) is 0 Å². The Morgan fingerprint density at radius 2 is 2.11 bits per heavy atom. The molecule has 1 aliphatic rings. The van der Waals surface area contributed by atoms with E-state index < -0.39 is 0 Å². The summed E-state index contributed by atoms with van der Waals surface area (Å²) in [4.78, 5) is 25.4. The second-order valence-corrected chi connectivity index (χ2v) is 4.74. The van der Waals surface area contributed by atoms with E-state index in [1.165, 1.54) is 0 Å². The van der Waals surface area contributed by atoms with Crippen LogP contribution >= 0.6 is 0 Å². The van der Waals surface area contributed by atoms with Gasteiger partial charge in [0, 0.05) is 19.7 Å². The summed E-state index contributed by atoms with van der Waals surface area (Å²) in [6, 6.07) is 0. The minimum Gasteiger partial charge on any atom is -0.466 e. The highest BCUT2D eigenvalue weighted by molar-refractivity contribution is 5.81. The van der Waals surface area contributed by atoms with Crippen LogP contribution in [0.15, 0.2) is 0 Å². The Bertz CT molecular complexity index is 287. The maximum atomic E-state index is 12.3. The number of hydrogen-bond acceptors (Lipinski definition) is 4. The molecule has 1 unspecified atom stereocenters. The monoisotopic (exact) mass is 271 g/mol. The number of nitrogens with zero attached hydrogens (tertiary/aromatic N) is 1. The third kappa shape index (κ3) is 5.59. The first kappa shape index (κ1) is 16.0. The fourth-order valence-electron chi connectivity index (χ4n) is 2.12. The molecule has 1 atom stereocenters. The molecule has 1 saturated heterocycles. The smallest absolute Gasteiger partial charge is 0.307 e. The molecule has 1 heterocycles. The van der Waals surface area contributed by atoms with Gasteiger partial charge < -0.3 is 14.4 Å².